The molecule has 5 rings (SSSR count). The van der Waals surface area contributed by atoms with Crippen LogP contribution in [-0.2, 0) is 25.6 Å². The molecule has 0 aromatic heterocycles. The summed E-state index contributed by atoms with van der Waals surface area (Å²) in [7, 11) is 0. The molecule has 8 heteroatoms. The number of fused-ring (bicyclic) bond motifs is 2. The number of carboxylic acid groups (broad SMARTS) is 2. The largest absolute Gasteiger partial charge is 0.481 e. The van der Waals surface area contributed by atoms with E-state index < -0.39 is 47.5 Å². The van der Waals surface area contributed by atoms with Gasteiger partial charge in [0.1, 0.15) is 11.5 Å². The highest BCUT2D eigenvalue weighted by molar-refractivity contribution is 6.14. The first-order valence-corrected chi connectivity index (χ1v) is 13.5. The Morgan fingerprint density at radius 2 is 1.10 bits per heavy atom. The zero-order chi connectivity index (χ0) is 28.4. The molecule has 4 unspecified atom stereocenters. The molecule has 0 saturated heterocycles. The van der Waals surface area contributed by atoms with Crippen LogP contribution in [0.4, 0.5) is 0 Å². The van der Waals surface area contributed by atoms with Crippen molar-refractivity contribution in [2.45, 2.75) is 39.0 Å². The predicted molar refractivity (Wildman–Crippen MR) is 148 cm³/mol. The van der Waals surface area contributed by atoms with E-state index in [-0.39, 0.29) is 37.2 Å². The third-order valence-electron chi connectivity index (χ3n) is 7.93. The maximum atomic E-state index is 13.5. The van der Waals surface area contributed by atoms with Crippen LogP contribution >= 0.6 is 0 Å². The lowest BCUT2D eigenvalue weighted by molar-refractivity contribution is -0.152. The smallest absolute Gasteiger partial charge is 0.315 e. The number of aryl methyl sites for hydroxylation is 1. The number of benzene rings is 3. The zero-order valence-corrected chi connectivity index (χ0v) is 22.0. The number of allylic oxidation sites excluding steroid dienone is 4. The van der Waals surface area contributed by atoms with E-state index in [2.05, 4.69) is 0 Å². The Bertz CT molecular complexity index is 1570. The molecular weight excluding hydrogens is 512 g/mol. The maximum absolute atomic E-state index is 13.5. The van der Waals surface area contributed by atoms with Crippen molar-refractivity contribution < 1.29 is 38.9 Å². The number of carboxylic acids is 2. The minimum absolute atomic E-state index is 0.249. The molecule has 0 spiro atoms. The van der Waals surface area contributed by atoms with Crippen LogP contribution in [0.2, 0.25) is 0 Å². The summed E-state index contributed by atoms with van der Waals surface area (Å²) < 4.78 is 12.1. The van der Waals surface area contributed by atoms with Crippen molar-refractivity contribution in [1.29, 1.82) is 0 Å². The summed E-state index contributed by atoms with van der Waals surface area (Å²) in [6.45, 7) is 1.96. The first-order chi connectivity index (χ1) is 19.3. The van der Waals surface area contributed by atoms with Gasteiger partial charge in [0, 0.05) is 21.5 Å². The first-order valence-electron chi connectivity index (χ1n) is 13.5. The molecule has 0 radical (unpaired) electrons. The minimum Gasteiger partial charge on any atom is -0.481 e. The molecule has 0 amide bonds. The third-order valence-corrected chi connectivity index (χ3v) is 7.93. The highest BCUT2D eigenvalue weighted by Crippen LogP contribution is 2.45. The molecule has 40 heavy (non-hydrogen) atoms. The fourth-order valence-corrected chi connectivity index (χ4v) is 5.77. The Labute approximate surface area is 230 Å². The number of esters is 2. The van der Waals surface area contributed by atoms with Gasteiger partial charge in [0.25, 0.3) is 0 Å². The van der Waals surface area contributed by atoms with Crippen molar-refractivity contribution >= 4 is 45.4 Å². The normalized spacial score (nSPS) is 22.2. The molecule has 206 valence electrons. The van der Waals surface area contributed by atoms with Gasteiger partial charge in [0.2, 0.25) is 0 Å². The Morgan fingerprint density at radius 1 is 0.650 bits per heavy atom. The van der Waals surface area contributed by atoms with E-state index in [9.17, 15) is 29.4 Å². The molecule has 2 N–H and O–H groups in total. The number of hydrogen-bond donors (Lipinski definition) is 2. The van der Waals surface area contributed by atoms with Gasteiger partial charge in [-0.2, -0.15) is 0 Å². The molecule has 3 aromatic rings. The van der Waals surface area contributed by atoms with Crippen LogP contribution in [0.3, 0.4) is 0 Å². The van der Waals surface area contributed by atoms with Gasteiger partial charge in [0.05, 0.1) is 23.7 Å². The van der Waals surface area contributed by atoms with Crippen LogP contribution in [0.5, 0.6) is 11.5 Å². The molecule has 0 bridgehead atoms. The van der Waals surface area contributed by atoms with Gasteiger partial charge >= 0.3 is 23.9 Å². The van der Waals surface area contributed by atoms with E-state index in [1.54, 1.807) is 54.6 Å². The van der Waals surface area contributed by atoms with Crippen molar-refractivity contribution in [3.8, 4) is 11.5 Å². The highest BCUT2D eigenvalue weighted by Gasteiger charge is 2.38. The van der Waals surface area contributed by atoms with Gasteiger partial charge in [-0.05, 0) is 37.7 Å². The van der Waals surface area contributed by atoms with Crippen LogP contribution in [0.15, 0.2) is 66.8 Å². The Hall–Kier alpha value is -4.46. The second-order valence-electron chi connectivity index (χ2n) is 10.2. The third kappa shape index (κ3) is 4.97. The minimum atomic E-state index is -1.05. The Morgan fingerprint density at radius 3 is 1.60 bits per heavy atom. The van der Waals surface area contributed by atoms with E-state index in [4.69, 9.17) is 9.47 Å². The van der Waals surface area contributed by atoms with Crippen LogP contribution in [-0.4, -0.2) is 34.1 Å². The molecule has 4 atom stereocenters. The number of aliphatic carboxylic acids is 2. The lowest BCUT2D eigenvalue weighted by Gasteiger charge is -2.26. The number of carbonyl (C=O) groups excluding carboxylic acids is 2. The second kappa shape index (κ2) is 11.3. The summed E-state index contributed by atoms with van der Waals surface area (Å²) in [4.78, 5) is 50.6. The van der Waals surface area contributed by atoms with Crippen molar-refractivity contribution in [3.05, 3.63) is 72.3 Å². The quantitative estimate of drug-likeness (QED) is 0.168. The summed E-state index contributed by atoms with van der Waals surface area (Å²) in [5.41, 5.74) is 0.852. The van der Waals surface area contributed by atoms with Crippen molar-refractivity contribution in [2.24, 2.45) is 23.7 Å². The fraction of sp³-hybridized carbons (Fsp3) is 0.312. The first kappa shape index (κ1) is 27.1. The van der Waals surface area contributed by atoms with E-state index >= 15 is 0 Å². The number of carbonyl (C=O) groups is 4. The Balaban J connectivity index is 1.64. The molecule has 0 fully saturated rings. The molecular formula is C32H30O8. The van der Waals surface area contributed by atoms with Gasteiger partial charge < -0.3 is 19.7 Å². The number of rotatable bonds is 7. The lowest BCUT2D eigenvalue weighted by Crippen LogP contribution is -2.34. The van der Waals surface area contributed by atoms with Crippen LogP contribution < -0.4 is 9.47 Å². The average Bonchev–Trinajstić information content (AvgIpc) is 2.98. The highest BCUT2D eigenvalue weighted by atomic mass is 16.5. The van der Waals surface area contributed by atoms with Crippen molar-refractivity contribution in [3.63, 3.8) is 0 Å². The number of ether oxygens (including phenoxy) is 2. The van der Waals surface area contributed by atoms with E-state index in [0.717, 1.165) is 5.56 Å². The maximum Gasteiger partial charge on any atom is 0.315 e. The van der Waals surface area contributed by atoms with Crippen molar-refractivity contribution in [1.82, 2.24) is 0 Å². The van der Waals surface area contributed by atoms with E-state index in [1.165, 1.54) is 0 Å². The average molecular weight is 543 g/mol. The zero-order valence-electron chi connectivity index (χ0n) is 22.0. The second-order valence-corrected chi connectivity index (χ2v) is 10.2. The predicted octanol–water partition coefficient (Wildman–Crippen LogP) is 5.70. The van der Waals surface area contributed by atoms with E-state index in [1.807, 2.05) is 19.1 Å². The van der Waals surface area contributed by atoms with Gasteiger partial charge in [0.15, 0.2) is 0 Å². The molecule has 2 aliphatic rings. The molecule has 0 heterocycles. The summed E-state index contributed by atoms with van der Waals surface area (Å²) in [6.07, 6.45) is 8.75. The van der Waals surface area contributed by atoms with Crippen molar-refractivity contribution in [2.75, 3.05) is 0 Å². The fourth-order valence-electron chi connectivity index (χ4n) is 5.77. The number of hydrogen-bond acceptors (Lipinski definition) is 6. The SMILES string of the molecule is CCc1cccc2c(OC(=O)C3CC=CCC3C(=O)O)c3ccccc3c(OC(=O)C3CC=CCC3C(=O)O)c12. The van der Waals surface area contributed by atoms with Crippen LogP contribution in [0, 0.1) is 23.7 Å². The Kier molecular flexibility index (Phi) is 7.69. The molecule has 3 aromatic carbocycles. The summed E-state index contributed by atoms with van der Waals surface area (Å²) in [5, 5.41) is 21.6. The van der Waals surface area contributed by atoms with E-state index in [0.29, 0.717) is 28.0 Å². The molecule has 0 aliphatic heterocycles. The van der Waals surface area contributed by atoms with Gasteiger partial charge in [-0.3, -0.25) is 19.2 Å². The summed E-state index contributed by atoms with van der Waals surface area (Å²) >= 11 is 0. The lowest BCUT2D eigenvalue weighted by atomic mass is 9.83. The standard InChI is InChI=1S/C32H30O8/c1-2-18-10-9-17-25-26(18)28(40-32(38)24-16-8-6-14-22(24)30(35)36)20-12-4-3-11-19(20)27(25)39-31(37)23-15-7-5-13-21(23)29(33)34/h3-12,17,21-24H,2,13-16H2,1H3,(H,33,34)(H,35,36). The van der Waals surface area contributed by atoms with Crippen LogP contribution in [0.25, 0.3) is 21.5 Å². The molecule has 8 nitrogen and oxygen atoms in total. The van der Waals surface area contributed by atoms with Gasteiger partial charge in [-0.1, -0.05) is 73.7 Å². The van der Waals surface area contributed by atoms with Gasteiger partial charge in [-0.25, -0.2) is 0 Å². The van der Waals surface area contributed by atoms with Gasteiger partial charge in [-0.15, -0.1) is 0 Å². The topological polar surface area (TPSA) is 127 Å². The monoisotopic (exact) mass is 542 g/mol. The summed E-state index contributed by atoms with van der Waals surface area (Å²) in [5.74, 6) is -6.23. The molecule has 0 saturated carbocycles. The summed E-state index contributed by atoms with van der Waals surface area (Å²) in [6, 6.07) is 12.6. The molecule has 2 aliphatic carbocycles. The van der Waals surface area contributed by atoms with Crippen LogP contribution in [0.1, 0.15) is 38.2 Å².